The Morgan fingerprint density at radius 2 is 1.43 bits per heavy atom. The van der Waals surface area contributed by atoms with Gasteiger partial charge in [0, 0.05) is 34.6 Å². The van der Waals surface area contributed by atoms with Crippen LogP contribution in [0.3, 0.4) is 0 Å². The second-order valence-electron chi connectivity index (χ2n) is 4.98. The van der Waals surface area contributed by atoms with Gasteiger partial charge in [-0.2, -0.15) is 0 Å². The molecule has 2 rings (SSSR count). The summed E-state index contributed by atoms with van der Waals surface area (Å²) in [5.74, 6) is 12.9. The van der Waals surface area contributed by atoms with Crippen molar-refractivity contribution in [2.24, 2.45) is 0 Å². The molecule has 2 aromatic carbocycles. The van der Waals surface area contributed by atoms with E-state index in [0.717, 1.165) is 36.0 Å². The van der Waals surface area contributed by atoms with Crippen LogP contribution in [0.4, 0.5) is 0 Å². The SMILES string of the molecule is CSc1ccccc1C#Cc1ccccc1C#CCCCCO. The van der Waals surface area contributed by atoms with Crippen molar-refractivity contribution in [3.05, 3.63) is 65.2 Å². The first kappa shape index (κ1) is 17.2. The van der Waals surface area contributed by atoms with Gasteiger partial charge >= 0.3 is 0 Å². The predicted octanol–water partition coefficient (Wildman–Crippen LogP) is 4.32. The molecule has 1 N–H and O–H groups in total. The Labute approximate surface area is 143 Å². The average Bonchev–Trinajstić information content (AvgIpc) is 2.61. The Bertz CT molecular complexity index is 756. The third-order valence-electron chi connectivity index (χ3n) is 3.30. The summed E-state index contributed by atoms with van der Waals surface area (Å²) < 4.78 is 0. The fourth-order valence-electron chi connectivity index (χ4n) is 2.07. The molecule has 0 aliphatic rings. The molecule has 0 heterocycles. The van der Waals surface area contributed by atoms with Gasteiger partial charge in [0.1, 0.15) is 0 Å². The molecule has 0 aliphatic heterocycles. The van der Waals surface area contributed by atoms with E-state index >= 15 is 0 Å². The minimum absolute atomic E-state index is 0.235. The van der Waals surface area contributed by atoms with Crippen molar-refractivity contribution in [3.63, 3.8) is 0 Å². The number of hydrogen-bond donors (Lipinski definition) is 1. The zero-order chi connectivity index (χ0) is 16.3. The molecule has 0 saturated carbocycles. The van der Waals surface area contributed by atoms with Gasteiger partial charge in [0.15, 0.2) is 0 Å². The predicted molar refractivity (Wildman–Crippen MR) is 98.5 cm³/mol. The van der Waals surface area contributed by atoms with E-state index in [4.69, 9.17) is 5.11 Å². The van der Waals surface area contributed by atoms with Gasteiger partial charge in [-0.15, -0.1) is 11.8 Å². The van der Waals surface area contributed by atoms with Gasteiger partial charge in [-0.1, -0.05) is 47.9 Å². The van der Waals surface area contributed by atoms with Crippen LogP contribution < -0.4 is 0 Å². The molecular weight excluding hydrogens is 300 g/mol. The second kappa shape index (κ2) is 9.80. The largest absolute Gasteiger partial charge is 0.396 e. The molecule has 0 unspecified atom stereocenters. The van der Waals surface area contributed by atoms with Gasteiger partial charge in [-0.25, -0.2) is 0 Å². The van der Waals surface area contributed by atoms with Crippen LogP contribution in [0.25, 0.3) is 0 Å². The zero-order valence-corrected chi connectivity index (χ0v) is 14.1. The Morgan fingerprint density at radius 1 is 0.826 bits per heavy atom. The molecule has 0 saturated heterocycles. The van der Waals surface area contributed by atoms with Crippen molar-refractivity contribution in [1.29, 1.82) is 0 Å². The quantitative estimate of drug-likeness (QED) is 0.514. The number of unbranched alkanes of at least 4 members (excludes halogenated alkanes) is 2. The maximum Gasteiger partial charge on any atom is 0.0431 e. The molecule has 0 spiro atoms. The third kappa shape index (κ3) is 5.53. The van der Waals surface area contributed by atoms with Crippen LogP contribution in [0.2, 0.25) is 0 Å². The summed E-state index contributed by atoms with van der Waals surface area (Å²) in [6, 6.07) is 16.2. The molecule has 23 heavy (non-hydrogen) atoms. The number of rotatable bonds is 4. The van der Waals surface area contributed by atoms with Gasteiger partial charge < -0.3 is 5.11 Å². The van der Waals surface area contributed by atoms with Gasteiger partial charge in [0.25, 0.3) is 0 Å². The van der Waals surface area contributed by atoms with Crippen LogP contribution >= 0.6 is 11.8 Å². The lowest BCUT2D eigenvalue weighted by molar-refractivity contribution is 0.285. The van der Waals surface area contributed by atoms with Gasteiger partial charge in [-0.05, 0) is 43.4 Å². The number of hydrogen-bond acceptors (Lipinski definition) is 2. The molecule has 0 amide bonds. The number of thioether (sulfide) groups is 1. The highest BCUT2D eigenvalue weighted by Gasteiger charge is 1.97. The maximum absolute atomic E-state index is 8.78. The lowest BCUT2D eigenvalue weighted by Gasteiger charge is -1.99. The van der Waals surface area contributed by atoms with E-state index < -0.39 is 0 Å². The van der Waals surface area contributed by atoms with E-state index in [9.17, 15) is 0 Å². The smallest absolute Gasteiger partial charge is 0.0431 e. The molecule has 2 aromatic rings. The minimum Gasteiger partial charge on any atom is -0.396 e. The summed E-state index contributed by atoms with van der Waals surface area (Å²) >= 11 is 1.71. The summed E-state index contributed by atoms with van der Waals surface area (Å²) in [4.78, 5) is 1.19. The molecule has 0 atom stereocenters. The molecule has 0 bridgehead atoms. The zero-order valence-electron chi connectivity index (χ0n) is 13.3. The number of aliphatic hydroxyl groups is 1. The standard InChI is InChI=1S/C21H20OS/c1-23-21-14-8-7-13-20(21)16-15-19-12-6-5-11-18(19)10-4-2-3-9-17-22/h5-8,11-14,22H,2-3,9,17H2,1H3. The monoisotopic (exact) mass is 320 g/mol. The first-order valence-electron chi connectivity index (χ1n) is 7.69. The molecule has 116 valence electrons. The lowest BCUT2D eigenvalue weighted by atomic mass is 10.1. The Balaban J connectivity index is 2.20. The lowest BCUT2D eigenvalue weighted by Crippen LogP contribution is -1.85. The van der Waals surface area contributed by atoms with Crippen LogP contribution in [-0.2, 0) is 0 Å². The van der Waals surface area contributed by atoms with Gasteiger partial charge in [0.05, 0.1) is 0 Å². The van der Waals surface area contributed by atoms with Crippen LogP contribution in [0.1, 0.15) is 36.0 Å². The molecule has 0 radical (unpaired) electrons. The van der Waals surface area contributed by atoms with Crippen molar-refractivity contribution >= 4 is 11.8 Å². The van der Waals surface area contributed by atoms with E-state index in [2.05, 4.69) is 36.0 Å². The molecule has 1 nitrogen and oxygen atoms in total. The third-order valence-corrected chi connectivity index (χ3v) is 4.09. The summed E-state index contributed by atoms with van der Waals surface area (Å²) in [6.45, 7) is 0.235. The average molecular weight is 320 g/mol. The van der Waals surface area contributed by atoms with Crippen LogP contribution in [0.5, 0.6) is 0 Å². The molecule has 0 aliphatic carbocycles. The van der Waals surface area contributed by atoms with E-state index in [1.807, 2.05) is 42.5 Å². The minimum atomic E-state index is 0.235. The van der Waals surface area contributed by atoms with Crippen LogP contribution in [0, 0.1) is 23.7 Å². The summed E-state index contributed by atoms with van der Waals surface area (Å²) in [5, 5.41) is 8.78. The number of aliphatic hydroxyl groups excluding tert-OH is 1. The fourth-order valence-corrected chi connectivity index (χ4v) is 2.62. The first-order valence-corrected chi connectivity index (χ1v) is 8.91. The van der Waals surface area contributed by atoms with E-state index in [1.165, 1.54) is 4.90 Å². The van der Waals surface area contributed by atoms with E-state index in [-0.39, 0.29) is 6.61 Å². The molecule has 0 aromatic heterocycles. The summed E-state index contributed by atoms with van der Waals surface area (Å²) in [5.41, 5.74) is 2.97. The van der Waals surface area contributed by atoms with Crippen LogP contribution in [-0.4, -0.2) is 18.0 Å². The highest BCUT2D eigenvalue weighted by molar-refractivity contribution is 7.98. The van der Waals surface area contributed by atoms with Crippen molar-refractivity contribution in [2.75, 3.05) is 12.9 Å². The van der Waals surface area contributed by atoms with Crippen molar-refractivity contribution in [1.82, 2.24) is 0 Å². The molecule has 0 fully saturated rings. The van der Waals surface area contributed by atoms with Crippen molar-refractivity contribution in [3.8, 4) is 23.7 Å². The Morgan fingerprint density at radius 3 is 2.13 bits per heavy atom. The van der Waals surface area contributed by atoms with Gasteiger partial charge in [0.2, 0.25) is 0 Å². The van der Waals surface area contributed by atoms with Crippen molar-refractivity contribution in [2.45, 2.75) is 24.2 Å². The Kier molecular flexibility index (Phi) is 7.34. The van der Waals surface area contributed by atoms with E-state index in [0.29, 0.717) is 0 Å². The molecule has 2 heteroatoms. The van der Waals surface area contributed by atoms with Crippen molar-refractivity contribution < 1.29 is 5.11 Å². The first-order chi connectivity index (χ1) is 11.3. The fraction of sp³-hybridized carbons (Fsp3) is 0.238. The highest BCUT2D eigenvalue weighted by atomic mass is 32.2. The Hall–Kier alpha value is -2.13. The summed E-state index contributed by atoms with van der Waals surface area (Å²) in [6.07, 6.45) is 4.60. The highest BCUT2D eigenvalue weighted by Crippen LogP contribution is 2.19. The van der Waals surface area contributed by atoms with Crippen LogP contribution in [0.15, 0.2) is 53.4 Å². The topological polar surface area (TPSA) is 20.2 Å². The van der Waals surface area contributed by atoms with Gasteiger partial charge in [-0.3, -0.25) is 0 Å². The normalized spacial score (nSPS) is 9.48. The second-order valence-corrected chi connectivity index (χ2v) is 5.83. The maximum atomic E-state index is 8.78. The summed E-state index contributed by atoms with van der Waals surface area (Å²) in [7, 11) is 0. The molecular formula is C21H20OS. The number of benzene rings is 2. The van der Waals surface area contributed by atoms with E-state index in [1.54, 1.807) is 11.8 Å².